The van der Waals surface area contributed by atoms with Crippen LogP contribution in [0, 0.1) is 5.41 Å². The lowest BCUT2D eigenvalue weighted by Gasteiger charge is -2.37. The summed E-state index contributed by atoms with van der Waals surface area (Å²) in [4.78, 5) is 4.58. The normalized spacial score (nSPS) is 26.2. The molecule has 24 heavy (non-hydrogen) atoms. The third-order valence-electron chi connectivity index (χ3n) is 4.82. The summed E-state index contributed by atoms with van der Waals surface area (Å²) in [6.07, 6.45) is 3.68. The molecule has 0 saturated heterocycles. The Balaban J connectivity index is 2.63. The summed E-state index contributed by atoms with van der Waals surface area (Å²) in [6, 6.07) is 0. The SMILES string of the molecule is CCNC(=NCC1(C)CCCCC1O)NCCS(=O)(=O)C(C)(C)C. The van der Waals surface area contributed by atoms with E-state index in [0.29, 0.717) is 25.6 Å². The van der Waals surface area contributed by atoms with Crippen LogP contribution in [0.2, 0.25) is 0 Å². The van der Waals surface area contributed by atoms with Crippen molar-refractivity contribution in [2.75, 3.05) is 25.4 Å². The van der Waals surface area contributed by atoms with Gasteiger partial charge < -0.3 is 15.7 Å². The van der Waals surface area contributed by atoms with Crippen molar-refractivity contribution >= 4 is 15.8 Å². The zero-order chi connectivity index (χ0) is 18.4. The number of rotatable bonds is 6. The molecule has 3 N–H and O–H groups in total. The lowest BCUT2D eigenvalue weighted by atomic mass is 9.73. The van der Waals surface area contributed by atoms with E-state index in [9.17, 15) is 13.5 Å². The Morgan fingerprint density at radius 3 is 2.50 bits per heavy atom. The van der Waals surface area contributed by atoms with E-state index in [1.165, 1.54) is 0 Å². The first kappa shape index (κ1) is 21.2. The van der Waals surface area contributed by atoms with Gasteiger partial charge in [0.15, 0.2) is 15.8 Å². The maximum atomic E-state index is 12.2. The van der Waals surface area contributed by atoms with Crippen LogP contribution in [-0.2, 0) is 9.84 Å². The highest BCUT2D eigenvalue weighted by Gasteiger charge is 2.35. The van der Waals surface area contributed by atoms with E-state index in [2.05, 4.69) is 22.5 Å². The van der Waals surface area contributed by atoms with Gasteiger partial charge in [-0.3, -0.25) is 4.99 Å². The fourth-order valence-electron chi connectivity index (χ4n) is 2.78. The first-order valence-electron chi connectivity index (χ1n) is 8.94. The first-order valence-corrected chi connectivity index (χ1v) is 10.6. The number of hydrogen-bond acceptors (Lipinski definition) is 4. The summed E-state index contributed by atoms with van der Waals surface area (Å²) in [5.41, 5.74) is -0.196. The molecule has 142 valence electrons. The van der Waals surface area contributed by atoms with E-state index >= 15 is 0 Å². The monoisotopic (exact) mass is 361 g/mol. The van der Waals surface area contributed by atoms with Crippen LogP contribution in [0.4, 0.5) is 0 Å². The fourth-order valence-corrected chi connectivity index (χ4v) is 3.76. The van der Waals surface area contributed by atoms with Gasteiger partial charge in [-0.15, -0.1) is 0 Å². The predicted molar refractivity (Wildman–Crippen MR) is 100 cm³/mol. The van der Waals surface area contributed by atoms with Crippen molar-refractivity contribution in [3.8, 4) is 0 Å². The van der Waals surface area contributed by atoms with Crippen molar-refractivity contribution < 1.29 is 13.5 Å². The number of sulfone groups is 1. The zero-order valence-corrected chi connectivity index (χ0v) is 16.7. The van der Waals surface area contributed by atoms with Crippen LogP contribution < -0.4 is 10.6 Å². The standard InChI is InChI=1S/C17H35N3O3S/c1-6-18-15(19-11-12-24(22,23)16(2,3)4)20-13-17(5)10-8-7-9-14(17)21/h14,21H,6-13H2,1-5H3,(H2,18,19,20). The molecule has 0 aromatic carbocycles. The van der Waals surface area contributed by atoms with Crippen LogP contribution >= 0.6 is 0 Å². The average molecular weight is 362 g/mol. The molecule has 6 nitrogen and oxygen atoms in total. The highest BCUT2D eigenvalue weighted by atomic mass is 32.2. The largest absolute Gasteiger partial charge is 0.392 e. The van der Waals surface area contributed by atoms with Gasteiger partial charge in [0.05, 0.1) is 23.1 Å². The van der Waals surface area contributed by atoms with Crippen LogP contribution in [0.5, 0.6) is 0 Å². The minimum atomic E-state index is -3.15. The van der Waals surface area contributed by atoms with Gasteiger partial charge >= 0.3 is 0 Å². The Hall–Kier alpha value is -0.820. The highest BCUT2D eigenvalue weighted by molar-refractivity contribution is 7.92. The maximum Gasteiger partial charge on any atom is 0.191 e. The lowest BCUT2D eigenvalue weighted by molar-refractivity contribution is 0.00716. The lowest BCUT2D eigenvalue weighted by Crippen LogP contribution is -2.43. The van der Waals surface area contributed by atoms with E-state index in [-0.39, 0.29) is 17.3 Å². The van der Waals surface area contributed by atoms with Crippen LogP contribution in [0.25, 0.3) is 0 Å². The van der Waals surface area contributed by atoms with Crippen LogP contribution in [0.3, 0.4) is 0 Å². The second kappa shape index (κ2) is 8.52. The van der Waals surface area contributed by atoms with Crippen molar-refractivity contribution in [3.63, 3.8) is 0 Å². The molecule has 0 aliphatic heterocycles. The number of guanidine groups is 1. The van der Waals surface area contributed by atoms with Gasteiger partial charge in [-0.2, -0.15) is 0 Å². The zero-order valence-electron chi connectivity index (χ0n) is 15.9. The van der Waals surface area contributed by atoms with E-state index in [1.807, 2.05) is 6.92 Å². The van der Waals surface area contributed by atoms with E-state index < -0.39 is 14.6 Å². The first-order chi connectivity index (χ1) is 11.0. The average Bonchev–Trinajstić information content (AvgIpc) is 2.47. The van der Waals surface area contributed by atoms with Crippen molar-refractivity contribution in [1.82, 2.24) is 10.6 Å². The van der Waals surface area contributed by atoms with Gasteiger partial charge in [-0.05, 0) is 40.5 Å². The van der Waals surface area contributed by atoms with Gasteiger partial charge in [-0.1, -0.05) is 19.8 Å². The summed E-state index contributed by atoms with van der Waals surface area (Å²) in [7, 11) is -3.15. The van der Waals surface area contributed by atoms with Gasteiger partial charge in [0, 0.05) is 18.5 Å². The molecule has 1 aliphatic rings. The van der Waals surface area contributed by atoms with Crippen molar-refractivity contribution in [3.05, 3.63) is 0 Å². The second-order valence-electron chi connectivity index (χ2n) is 7.97. The van der Waals surface area contributed by atoms with Gasteiger partial charge in [0.1, 0.15) is 0 Å². The molecule has 1 fully saturated rings. The minimum Gasteiger partial charge on any atom is -0.392 e. The second-order valence-corrected chi connectivity index (χ2v) is 10.8. The quantitative estimate of drug-likeness (QED) is 0.495. The number of aliphatic hydroxyl groups is 1. The number of nitrogens with zero attached hydrogens (tertiary/aromatic N) is 1. The summed E-state index contributed by atoms with van der Waals surface area (Å²) in [6.45, 7) is 10.8. The Morgan fingerprint density at radius 2 is 1.96 bits per heavy atom. The van der Waals surface area contributed by atoms with Crippen LogP contribution in [0.15, 0.2) is 4.99 Å². The molecular weight excluding hydrogens is 326 g/mol. The van der Waals surface area contributed by atoms with Gasteiger partial charge in [-0.25, -0.2) is 8.42 Å². The number of aliphatic imine (C=N–C) groups is 1. The smallest absolute Gasteiger partial charge is 0.191 e. The summed E-state index contributed by atoms with van der Waals surface area (Å²) < 4.78 is 23.6. The Kier molecular flexibility index (Phi) is 7.53. The molecule has 0 aromatic rings. The van der Waals surface area contributed by atoms with Crippen LogP contribution in [0.1, 0.15) is 60.3 Å². The third-order valence-corrected chi connectivity index (χ3v) is 7.43. The Morgan fingerprint density at radius 1 is 1.29 bits per heavy atom. The van der Waals surface area contributed by atoms with Crippen molar-refractivity contribution in [1.29, 1.82) is 0 Å². The molecular formula is C17H35N3O3S. The van der Waals surface area contributed by atoms with Gasteiger partial charge in [0.2, 0.25) is 0 Å². The number of nitrogens with one attached hydrogen (secondary N) is 2. The number of aliphatic hydroxyl groups excluding tert-OH is 1. The topological polar surface area (TPSA) is 90.8 Å². The molecule has 2 atom stereocenters. The summed E-state index contributed by atoms with van der Waals surface area (Å²) in [5.74, 6) is 0.682. The molecule has 0 spiro atoms. The summed E-state index contributed by atoms with van der Waals surface area (Å²) in [5, 5.41) is 16.5. The third kappa shape index (κ3) is 5.92. The molecule has 0 aromatic heterocycles. The Labute approximate surface area is 147 Å². The van der Waals surface area contributed by atoms with Crippen molar-refractivity contribution in [2.24, 2.45) is 10.4 Å². The predicted octanol–water partition coefficient (Wildman–Crippen LogP) is 1.70. The van der Waals surface area contributed by atoms with Crippen molar-refractivity contribution in [2.45, 2.75) is 71.2 Å². The number of hydrogen-bond donors (Lipinski definition) is 3. The summed E-state index contributed by atoms with van der Waals surface area (Å²) >= 11 is 0. The molecule has 7 heteroatoms. The molecule has 0 heterocycles. The Bertz CT molecular complexity index is 526. The van der Waals surface area contributed by atoms with Crippen LogP contribution in [-0.4, -0.2) is 55.7 Å². The molecule has 1 aliphatic carbocycles. The minimum absolute atomic E-state index is 0.0702. The molecule has 0 bridgehead atoms. The van der Waals surface area contributed by atoms with E-state index in [1.54, 1.807) is 20.8 Å². The molecule has 2 unspecified atom stereocenters. The molecule has 0 radical (unpaired) electrons. The molecule has 1 rings (SSSR count). The van der Waals surface area contributed by atoms with E-state index in [0.717, 1.165) is 25.7 Å². The van der Waals surface area contributed by atoms with E-state index in [4.69, 9.17) is 0 Å². The maximum absolute atomic E-state index is 12.2. The fraction of sp³-hybridized carbons (Fsp3) is 0.941. The molecule has 0 amide bonds. The molecule has 1 saturated carbocycles. The van der Waals surface area contributed by atoms with Gasteiger partial charge in [0.25, 0.3) is 0 Å². The highest BCUT2D eigenvalue weighted by Crippen LogP contribution is 2.36.